The fraction of sp³-hybridized carbons (Fsp3) is 0.733. The number of morpholine rings is 1. The zero-order chi connectivity index (χ0) is 13.4. The molecule has 2 aliphatic heterocycles. The Kier molecular flexibility index (Phi) is 3.32. The number of rotatable bonds is 2. The molecule has 5 heteroatoms. The molecule has 0 unspecified atom stereocenters. The van der Waals surface area contributed by atoms with Crippen molar-refractivity contribution in [1.82, 2.24) is 15.3 Å². The second-order valence-electron chi connectivity index (χ2n) is 5.99. The summed E-state index contributed by atoms with van der Waals surface area (Å²) in [4.78, 5) is 12.1. The molecule has 1 saturated carbocycles. The van der Waals surface area contributed by atoms with Crippen LogP contribution >= 0.6 is 0 Å². The van der Waals surface area contributed by atoms with Gasteiger partial charge in [-0.3, -0.25) is 0 Å². The van der Waals surface area contributed by atoms with Crippen molar-refractivity contribution in [3.63, 3.8) is 0 Å². The van der Waals surface area contributed by atoms with E-state index in [1.54, 1.807) is 0 Å². The first-order valence-corrected chi connectivity index (χ1v) is 7.85. The summed E-state index contributed by atoms with van der Waals surface area (Å²) in [5.41, 5.74) is 4.00. The van der Waals surface area contributed by atoms with Crippen LogP contribution in [-0.4, -0.2) is 42.8 Å². The maximum Gasteiger partial charge on any atom is 0.225 e. The summed E-state index contributed by atoms with van der Waals surface area (Å²) < 4.78 is 5.44. The predicted molar refractivity (Wildman–Crippen MR) is 77.1 cm³/mol. The van der Waals surface area contributed by atoms with Crippen LogP contribution in [0.25, 0.3) is 0 Å². The Bertz CT molecular complexity index is 495. The molecule has 1 aliphatic carbocycles. The van der Waals surface area contributed by atoms with E-state index in [4.69, 9.17) is 14.7 Å². The highest BCUT2D eigenvalue weighted by atomic mass is 16.5. The van der Waals surface area contributed by atoms with Gasteiger partial charge in [0.1, 0.15) is 0 Å². The number of fused-ring (bicyclic) bond motifs is 1. The summed E-state index contributed by atoms with van der Waals surface area (Å²) in [7, 11) is 0. The third-order valence-electron chi connectivity index (χ3n) is 4.74. The minimum absolute atomic E-state index is 0.673. The molecule has 1 N–H and O–H groups in total. The van der Waals surface area contributed by atoms with Crippen LogP contribution in [0, 0.1) is 0 Å². The number of ether oxygens (including phenoxy) is 1. The van der Waals surface area contributed by atoms with E-state index in [1.807, 2.05) is 0 Å². The van der Waals surface area contributed by atoms with Crippen LogP contribution in [-0.2, 0) is 17.7 Å². The van der Waals surface area contributed by atoms with Gasteiger partial charge in [0.15, 0.2) is 0 Å². The van der Waals surface area contributed by atoms with Crippen LogP contribution in [0.5, 0.6) is 0 Å². The number of aromatic nitrogens is 2. The molecule has 108 valence electrons. The molecule has 0 atom stereocenters. The van der Waals surface area contributed by atoms with E-state index >= 15 is 0 Å². The molecule has 5 nitrogen and oxygen atoms in total. The molecular formula is C15H22N4O. The van der Waals surface area contributed by atoms with E-state index in [0.29, 0.717) is 5.92 Å². The SMILES string of the molecule is C1CC(c2nc(N3CCOCC3)nc3c2CNCC3)C1. The van der Waals surface area contributed by atoms with Crippen molar-refractivity contribution in [3.05, 3.63) is 17.0 Å². The van der Waals surface area contributed by atoms with Crippen molar-refractivity contribution < 1.29 is 4.74 Å². The van der Waals surface area contributed by atoms with Gasteiger partial charge in [0.05, 0.1) is 24.6 Å². The average molecular weight is 274 g/mol. The van der Waals surface area contributed by atoms with Crippen LogP contribution in [0.3, 0.4) is 0 Å². The van der Waals surface area contributed by atoms with Crippen LogP contribution < -0.4 is 10.2 Å². The summed E-state index contributed by atoms with van der Waals surface area (Å²) in [6, 6.07) is 0. The molecule has 0 spiro atoms. The van der Waals surface area contributed by atoms with Gasteiger partial charge in [-0.15, -0.1) is 0 Å². The van der Waals surface area contributed by atoms with Gasteiger partial charge in [-0.2, -0.15) is 0 Å². The highest BCUT2D eigenvalue weighted by Crippen LogP contribution is 2.38. The number of nitrogens with one attached hydrogen (secondary N) is 1. The van der Waals surface area contributed by atoms with Gasteiger partial charge in [0, 0.05) is 44.1 Å². The standard InChI is InChI=1S/C15H22N4O/c1-2-11(3-1)14-12-10-16-5-4-13(12)17-15(18-14)19-6-8-20-9-7-19/h11,16H,1-10H2. The third-order valence-corrected chi connectivity index (χ3v) is 4.74. The van der Waals surface area contributed by atoms with E-state index in [0.717, 1.165) is 51.8 Å². The van der Waals surface area contributed by atoms with Gasteiger partial charge < -0.3 is 15.0 Å². The maximum atomic E-state index is 5.44. The molecule has 0 aromatic carbocycles. The van der Waals surface area contributed by atoms with E-state index < -0.39 is 0 Å². The molecule has 0 bridgehead atoms. The zero-order valence-corrected chi connectivity index (χ0v) is 11.9. The molecule has 1 saturated heterocycles. The fourth-order valence-corrected chi connectivity index (χ4v) is 3.28. The van der Waals surface area contributed by atoms with Crippen molar-refractivity contribution in [2.75, 3.05) is 37.7 Å². The van der Waals surface area contributed by atoms with Crippen molar-refractivity contribution in [1.29, 1.82) is 0 Å². The molecule has 4 rings (SSSR count). The van der Waals surface area contributed by atoms with Crippen molar-refractivity contribution >= 4 is 5.95 Å². The third kappa shape index (κ3) is 2.19. The lowest BCUT2D eigenvalue weighted by Crippen LogP contribution is -2.38. The number of anilines is 1. The number of nitrogens with zero attached hydrogens (tertiary/aromatic N) is 3. The Morgan fingerprint density at radius 3 is 2.75 bits per heavy atom. The van der Waals surface area contributed by atoms with Crippen LogP contribution in [0.15, 0.2) is 0 Å². The second kappa shape index (κ2) is 5.30. The minimum Gasteiger partial charge on any atom is -0.378 e. The normalized spacial score (nSPS) is 23.3. The van der Waals surface area contributed by atoms with Crippen molar-refractivity contribution in [2.45, 2.75) is 38.1 Å². The van der Waals surface area contributed by atoms with E-state index in [9.17, 15) is 0 Å². The highest BCUT2D eigenvalue weighted by Gasteiger charge is 2.28. The second-order valence-corrected chi connectivity index (χ2v) is 5.99. The van der Waals surface area contributed by atoms with Gasteiger partial charge >= 0.3 is 0 Å². The molecule has 3 heterocycles. The van der Waals surface area contributed by atoms with Gasteiger partial charge in [-0.1, -0.05) is 6.42 Å². The Morgan fingerprint density at radius 2 is 2.00 bits per heavy atom. The van der Waals surface area contributed by atoms with Crippen LogP contribution in [0.4, 0.5) is 5.95 Å². The maximum absolute atomic E-state index is 5.44. The summed E-state index contributed by atoms with van der Waals surface area (Å²) in [5, 5.41) is 3.47. The van der Waals surface area contributed by atoms with Crippen LogP contribution in [0.2, 0.25) is 0 Å². The minimum atomic E-state index is 0.673. The van der Waals surface area contributed by atoms with Gasteiger partial charge in [0.25, 0.3) is 0 Å². The largest absolute Gasteiger partial charge is 0.378 e. The van der Waals surface area contributed by atoms with Gasteiger partial charge in [0.2, 0.25) is 5.95 Å². The summed E-state index contributed by atoms with van der Waals surface area (Å²) in [5.74, 6) is 1.61. The molecule has 1 aromatic heterocycles. The highest BCUT2D eigenvalue weighted by molar-refractivity contribution is 5.40. The molecule has 1 aromatic rings. The molecule has 2 fully saturated rings. The van der Waals surface area contributed by atoms with Gasteiger partial charge in [-0.25, -0.2) is 9.97 Å². The van der Waals surface area contributed by atoms with Crippen molar-refractivity contribution in [2.24, 2.45) is 0 Å². The smallest absolute Gasteiger partial charge is 0.225 e. The first-order valence-electron chi connectivity index (χ1n) is 7.85. The summed E-state index contributed by atoms with van der Waals surface area (Å²) in [6.07, 6.45) is 4.98. The predicted octanol–water partition coefficient (Wildman–Crippen LogP) is 1.23. The van der Waals surface area contributed by atoms with E-state index in [2.05, 4.69) is 10.2 Å². The Labute approximate surface area is 119 Å². The topological polar surface area (TPSA) is 50.3 Å². The molecule has 0 radical (unpaired) electrons. The molecule has 0 amide bonds. The zero-order valence-electron chi connectivity index (χ0n) is 11.9. The molecule has 3 aliphatic rings. The van der Waals surface area contributed by atoms with E-state index in [1.165, 1.54) is 36.2 Å². The lowest BCUT2D eigenvalue weighted by Gasteiger charge is -2.32. The van der Waals surface area contributed by atoms with Crippen LogP contribution in [0.1, 0.15) is 42.1 Å². The summed E-state index contributed by atoms with van der Waals surface area (Å²) >= 11 is 0. The lowest BCUT2D eigenvalue weighted by molar-refractivity contribution is 0.122. The average Bonchev–Trinajstić information content (AvgIpc) is 2.46. The first-order chi connectivity index (χ1) is 9.92. The Hall–Kier alpha value is -1.20. The Balaban J connectivity index is 1.71. The molecule has 20 heavy (non-hydrogen) atoms. The first kappa shape index (κ1) is 12.5. The number of hydrogen-bond acceptors (Lipinski definition) is 5. The van der Waals surface area contributed by atoms with E-state index in [-0.39, 0.29) is 0 Å². The fourth-order valence-electron chi connectivity index (χ4n) is 3.28. The lowest BCUT2D eigenvalue weighted by atomic mass is 9.80. The Morgan fingerprint density at radius 1 is 1.15 bits per heavy atom. The quantitative estimate of drug-likeness (QED) is 0.879. The van der Waals surface area contributed by atoms with Gasteiger partial charge in [-0.05, 0) is 12.8 Å². The number of hydrogen-bond donors (Lipinski definition) is 1. The summed E-state index contributed by atoms with van der Waals surface area (Å²) in [6.45, 7) is 5.41. The molecular weight excluding hydrogens is 252 g/mol. The monoisotopic (exact) mass is 274 g/mol. The van der Waals surface area contributed by atoms with Crippen molar-refractivity contribution in [3.8, 4) is 0 Å².